The molecule has 0 spiro atoms. The molecule has 0 unspecified atom stereocenters. The van der Waals surface area contributed by atoms with Gasteiger partial charge in [-0.3, -0.25) is 0 Å². The molecular weight excluding hydrogens is 269 g/mol. The average molecular weight is 279 g/mol. The highest BCUT2D eigenvalue weighted by molar-refractivity contribution is 7.71. The van der Waals surface area contributed by atoms with E-state index in [9.17, 15) is 4.39 Å². The molecule has 2 heterocycles. The van der Waals surface area contributed by atoms with Crippen molar-refractivity contribution in [2.75, 3.05) is 7.11 Å². The second-order valence-electron chi connectivity index (χ2n) is 4.00. The van der Waals surface area contributed by atoms with Crippen molar-refractivity contribution >= 4 is 23.3 Å². The lowest BCUT2D eigenvalue weighted by Gasteiger charge is -2.04. The zero-order valence-electron chi connectivity index (χ0n) is 10.0. The van der Waals surface area contributed by atoms with E-state index in [1.54, 1.807) is 22.9 Å². The molecular formula is C12H10FN3O2S. The Labute approximate surface area is 112 Å². The number of hydrogen-bond acceptors (Lipinski definition) is 4. The Hall–Kier alpha value is -2.15. The van der Waals surface area contributed by atoms with Gasteiger partial charge in [-0.1, -0.05) is 5.16 Å². The number of aromatic nitrogens is 3. The maximum atomic E-state index is 13.6. The number of methoxy groups -OCH3 is 1. The second kappa shape index (κ2) is 4.51. The van der Waals surface area contributed by atoms with Gasteiger partial charge in [-0.2, -0.15) is 0 Å². The smallest absolute Gasteiger partial charge is 0.178 e. The molecule has 0 atom stereocenters. The molecule has 0 fully saturated rings. The van der Waals surface area contributed by atoms with Crippen LogP contribution in [0.1, 0.15) is 5.76 Å². The molecule has 0 saturated carbocycles. The predicted octanol–water partition coefficient (Wildman–Crippen LogP) is 2.88. The van der Waals surface area contributed by atoms with Crippen LogP contribution >= 0.6 is 12.2 Å². The predicted molar refractivity (Wildman–Crippen MR) is 69.2 cm³/mol. The first-order valence-electron chi connectivity index (χ1n) is 5.54. The van der Waals surface area contributed by atoms with Gasteiger partial charge in [0.1, 0.15) is 0 Å². The first-order chi connectivity index (χ1) is 9.19. The minimum absolute atomic E-state index is 0.174. The Morgan fingerprint density at radius 3 is 3.05 bits per heavy atom. The normalized spacial score (nSPS) is 11.1. The molecule has 19 heavy (non-hydrogen) atoms. The summed E-state index contributed by atoms with van der Waals surface area (Å²) in [5.41, 5.74) is 1.36. The third kappa shape index (κ3) is 2.01. The number of nitrogens with one attached hydrogen (secondary N) is 1. The number of halogens is 1. The average Bonchev–Trinajstić information content (AvgIpc) is 2.98. The van der Waals surface area contributed by atoms with E-state index in [-0.39, 0.29) is 5.75 Å². The minimum Gasteiger partial charge on any atom is -0.494 e. The molecule has 1 aromatic carbocycles. The van der Waals surface area contributed by atoms with Crippen molar-refractivity contribution in [3.05, 3.63) is 40.7 Å². The van der Waals surface area contributed by atoms with Gasteiger partial charge < -0.3 is 18.8 Å². The monoisotopic (exact) mass is 279 g/mol. The van der Waals surface area contributed by atoms with Crippen molar-refractivity contribution in [1.82, 2.24) is 14.7 Å². The summed E-state index contributed by atoms with van der Waals surface area (Å²) >= 11 is 5.23. The fourth-order valence-corrected chi connectivity index (χ4v) is 2.22. The van der Waals surface area contributed by atoms with Gasteiger partial charge in [0.05, 0.1) is 30.9 Å². The maximum absolute atomic E-state index is 13.6. The van der Waals surface area contributed by atoms with Crippen LogP contribution in [0.2, 0.25) is 0 Å². The SMILES string of the molecule is COc1cc2c(cc1F)[nH]c(=S)n2Cc1ccno1. The van der Waals surface area contributed by atoms with Gasteiger partial charge >= 0.3 is 0 Å². The van der Waals surface area contributed by atoms with E-state index in [1.165, 1.54) is 13.2 Å². The lowest BCUT2D eigenvalue weighted by molar-refractivity contribution is 0.376. The maximum Gasteiger partial charge on any atom is 0.178 e. The summed E-state index contributed by atoms with van der Waals surface area (Å²) < 4.78 is 25.9. The number of hydrogen-bond donors (Lipinski definition) is 1. The van der Waals surface area contributed by atoms with Gasteiger partial charge in [0.25, 0.3) is 0 Å². The summed E-state index contributed by atoms with van der Waals surface area (Å²) in [6, 6.07) is 4.72. The highest BCUT2D eigenvalue weighted by atomic mass is 32.1. The van der Waals surface area contributed by atoms with Crippen molar-refractivity contribution in [3.8, 4) is 5.75 Å². The van der Waals surface area contributed by atoms with Gasteiger partial charge in [0, 0.05) is 18.2 Å². The first kappa shape index (κ1) is 11.9. The molecule has 2 aromatic heterocycles. The number of aromatic amines is 1. The number of rotatable bonds is 3. The summed E-state index contributed by atoms with van der Waals surface area (Å²) in [6.07, 6.45) is 1.56. The van der Waals surface area contributed by atoms with Crippen molar-refractivity contribution in [2.24, 2.45) is 0 Å². The van der Waals surface area contributed by atoms with E-state index in [0.717, 1.165) is 5.52 Å². The van der Waals surface area contributed by atoms with Gasteiger partial charge in [-0.15, -0.1) is 0 Å². The molecule has 0 bridgehead atoms. The quantitative estimate of drug-likeness (QED) is 0.749. The van der Waals surface area contributed by atoms with Crippen LogP contribution in [0.5, 0.6) is 5.75 Å². The van der Waals surface area contributed by atoms with E-state index in [1.807, 2.05) is 0 Å². The van der Waals surface area contributed by atoms with Crippen LogP contribution < -0.4 is 4.74 Å². The Balaban J connectivity index is 2.18. The summed E-state index contributed by atoms with van der Waals surface area (Å²) in [6.45, 7) is 0.424. The Morgan fingerprint density at radius 2 is 2.37 bits per heavy atom. The molecule has 0 radical (unpaired) electrons. The molecule has 0 saturated heterocycles. The third-order valence-corrected chi connectivity index (χ3v) is 3.18. The van der Waals surface area contributed by atoms with Gasteiger partial charge in [0.15, 0.2) is 22.1 Å². The van der Waals surface area contributed by atoms with Crippen molar-refractivity contribution in [1.29, 1.82) is 0 Å². The summed E-state index contributed by atoms with van der Waals surface area (Å²) in [4.78, 5) is 2.95. The number of ether oxygens (including phenoxy) is 1. The molecule has 0 aliphatic carbocycles. The Morgan fingerprint density at radius 1 is 1.53 bits per heavy atom. The molecule has 0 amide bonds. The van der Waals surface area contributed by atoms with Crippen LogP contribution in [0.15, 0.2) is 28.9 Å². The van der Waals surface area contributed by atoms with Crippen LogP contribution in [-0.2, 0) is 6.54 Å². The number of nitrogens with zero attached hydrogens (tertiary/aromatic N) is 2. The zero-order chi connectivity index (χ0) is 13.4. The molecule has 5 nitrogen and oxygen atoms in total. The number of benzene rings is 1. The summed E-state index contributed by atoms with van der Waals surface area (Å²) in [5, 5.41) is 3.64. The van der Waals surface area contributed by atoms with Gasteiger partial charge in [0.2, 0.25) is 0 Å². The van der Waals surface area contributed by atoms with Crippen molar-refractivity contribution in [2.45, 2.75) is 6.54 Å². The molecule has 0 aliphatic heterocycles. The van der Waals surface area contributed by atoms with E-state index in [0.29, 0.717) is 22.6 Å². The number of fused-ring (bicyclic) bond motifs is 1. The van der Waals surface area contributed by atoms with Crippen LogP contribution in [0.25, 0.3) is 11.0 Å². The fraction of sp³-hybridized carbons (Fsp3) is 0.167. The third-order valence-electron chi connectivity index (χ3n) is 2.85. The Kier molecular flexibility index (Phi) is 2.83. The van der Waals surface area contributed by atoms with Gasteiger partial charge in [-0.25, -0.2) is 4.39 Å². The molecule has 3 rings (SSSR count). The van der Waals surface area contributed by atoms with Crippen molar-refractivity contribution < 1.29 is 13.7 Å². The van der Waals surface area contributed by atoms with Crippen LogP contribution in [0.4, 0.5) is 4.39 Å². The van der Waals surface area contributed by atoms with Crippen LogP contribution in [0, 0.1) is 10.6 Å². The molecule has 7 heteroatoms. The summed E-state index contributed by atoms with van der Waals surface area (Å²) in [7, 11) is 1.42. The standard InChI is InChI=1S/C12H10FN3O2S/c1-17-11-5-10-9(4-8(11)13)15-12(19)16(10)6-7-2-3-14-18-7/h2-5H,6H2,1H3,(H,15,19). The zero-order valence-corrected chi connectivity index (χ0v) is 10.8. The lowest BCUT2D eigenvalue weighted by Crippen LogP contribution is -1.99. The topological polar surface area (TPSA) is 56.0 Å². The van der Waals surface area contributed by atoms with Crippen molar-refractivity contribution in [3.63, 3.8) is 0 Å². The Bertz CT molecular complexity index is 776. The van der Waals surface area contributed by atoms with E-state index in [4.69, 9.17) is 21.5 Å². The number of H-pyrrole nitrogens is 1. The fourth-order valence-electron chi connectivity index (χ4n) is 1.95. The largest absolute Gasteiger partial charge is 0.494 e. The van der Waals surface area contributed by atoms with E-state index in [2.05, 4.69) is 10.1 Å². The molecule has 3 aromatic rings. The lowest BCUT2D eigenvalue weighted by atomic mass is 10.3. The minimum atomic E-state index is -0.432. The van der Waals surface area contributed by atoms with E-state index < -0.39 is 5.82 Å². The molecule has 98 valence electrons. The van der Waals surface area contributed by atoms with E-state index >= 15 is 0 Å². The summed E-state index contributed by atoms with van der Waals surface area (Å²) in [5.74, 6) is 0.408. The highest BCUT2D eigenvalue weighted by Crippen LogP contribution is 2.25. The number of imidazole rings is 1. The van der Waals surface area contributed by atoms with Crippen LogP contribution in [0.3, 0.4) is 0 Å². The van der Waals surface area contributed by atoms with Gasteiger partial charge in [-0.05, 0) is 12.2 Å². The second-order valence-corrected chi connectivity index (χ2v) is 4.39. The first-order valence-corrected chi connectivity index (χ1v) is 5.95. The molecule has 0 aliphatic rings. The highest BCUT2D eigenvalue weighted by Gasteiger charge is 2.11. The van der Waals surface area contributed by atoms with Crippen LogP contribution in [-0.4, -0.2) is 21.8 Å². The molecule has 1 N–H and O–H groups in total.